The Hall–Kier alpha value is -2.88. The van der Waals surface area contributed by atoms with E-state index in [1.807, 2.05) is 61.5 Å². The highest BCUT2D eigenvalue weighted by molar-refractivity contribution is 6.02. The number of rotatable bonds is 3. The topological polar surface area (TPSA) is 55.1 Å². The van der Waals surface area contributed by atoms with Crippen LogP contribution in [0.15, 0.2) is 65.2 Å². The number of hydrogen-bond donors (Lipinski definition) is 1. The summed E-state index contributed by atoms with van der Waals surface area (Å²) < 4.78 is 5.51. The maximum absolute atomic E-state index is 12.1. The molecule has 0 radical (unpaired) electrons. The summed E-state index contributed by atoms with van der Waals surface area (Å²) in [6, 6.07) is 17.1. The first kappa shape index (κ1) is 13.1. The molecular formula is C17H14N2O2. The Kier molecular flexibility index (Phi) is 3.51. The molecule has 0 unspecified atom stereocenters. The largest absolute Gasteiger partial charge is 0.431 e. The van der Waals surface area contributed by atoms with Crippen LogP contribution in [0.3, 0.4) is 0 Å². The zero-order valence-electron chi connectivity index (χ0n) is 11.5. The zero-order chi connectivity index (χ0) is 14.7. The molecule has 0 atom stereocenters. The van der Waals surface area contributed by atoms with Crippen molar-refractivity contribution in [1.29, 1.82) is 0 Å². The van der Waals surface area contributed by atoms with Crippen LogP contribution in [-0.2, 0) is 0 Å². The monoisotopic (exact) mass is 278 g/mol. The molecule has 0 fully saturated rings. The molecule has 1 amide bonds. The van der Waals surface area contributed by atoms with Gasteiger partial charge in [0.1, 0.15) is 0 Å². The molecule has 104 valence electrons. The number of carbonyl (C=O) groups is 1. The predicted octanol–water partition coefficient (Wildman–Crippen LogP) is 3.90. The lowest BCUT2D eigenvalue weighted by Gasteiger charge is -2.03. The maximum Gasteiger partial charge on any atom is 0.293 e. The summed E-state index contributed by atoms with van der Waals surface area (Å²) in [5, 5.41) is 2.79. The molecule has 4 heteroatoms. The fourth-order valence-electron chi connectivity index (χ4n) is 2.01. The lowest BCUT2D eigenvalue weighted by Crippen LogP contribution is -2.10. The van der Waals surface area contributed by atoms with Crippen molar-refractivity contribution in [3.63, 3.8) is 0 Å². The molecule has 1 heterocycles. The van der Waals surface area contributed by atoms with E-state index in [9.17, 15) is 4.79 Å². The first-order valence-corrected chi connectivity index (χ1v) is 6.61. The van der Waals surface area contributed by atoms with Crippen molar-refractivity contribution in [2.45, 2.75) is 6.92 Å². The normalized spacial score (nSPS) is 10.3. The van der Waals surface area contributed by atoms with E-state index < -0.39 is 0 Å². The Labute approximate surface area is 122 Å². The quantitative estimate of drug-likeness (QED) is 0.790. The van der Waals surface area contributed by atoms with E-state index in [0.29, 0.717) is 5.89 Å². The summed E-state index contributed by atoms with van der Waals surface area (Å²) >= 11 is 0. The molecule has 0 saturated carbocycles. The Balaban J connectivity index is 1.78. The molecule has 21 heavy (non-hydrogen) atoms. The number of nitrogens with one attached hydrogen (secondary N) is 1. The summed E-state index contributed by atoms with van der Waals surface area (Å²) in [6.45, 7) is 1.97. The Morgan fingerprint density at radius 1 is 1.10 bits per heavy atom. The van der Waals surface area contributed by atoms with Gasteiger partial charge in [0.2, 0.25) is 11.7 Å². The maximum atomic E-state index is 12.1. The molecule has 4 nitrogen and oxygen atoms in total. The number of aryl methyl sites for hydroxylation is 1. The van der Waals surface area contributed by atoms with Crippen LogP contribution in [0.1, 0.15) is 16.1 Å². The van der Waals surface area contributed by atoms with Crippen molar-refractivity contribution in [1.82, 2.24) is 4.98 Å². The number of aromatic nitrogens is 1. The number of nitrogens with zero attached hydrogens (tertiary/aromatic N) is 1. The van der Waals surface area contributed by atoms with Crippen LogP contribution in [-0.4, -0.2) is 10.9 Å². The summed E-state index contributed by atoms with van der Waals surface area (Å²) in [5.41, 5.74) is 2.65. The van der Waals surface area contributed by atoms with Gasteiger partial charge in [-0.2, -0.15) is 0 Å². The number of oxazole rings is 1. The van der Waals surface area contributed by atoms with E-state index in [1.54, 1.807) is 0 Å². The molecule has 0 spiro atoms. The third-order valence-electron chi connectivity index (χ3n) is 3.03. The molecule has 2 aromatic carbocycles. The zero-order valence-corrected chi connectivity index (χ0v) is 11.5. The predicted molar refractivity (Wildman–Crippen MR) is 81.1 cm³/mol. The van der Waals surface area contributed by atoms with E-state index in [1.165, 1.54) is 6.20 Å². The van der Waals surface area contributed by atoms with Gasteiger partial charge in [-0.1, -0.05) is 30.3 Å². The van der Waals surface area contributed by atoms with Crippen molar-refractivity contribution >= 4 is 11.6 Å². The van der Waals surface area contributed by atoms with Crippen LogP contribution in [0.4, 0.5) is 5.69 Å². The van der Waals surface area contributed by atoms with Gasteiger partial charge < -0.3 is 9.73 Å². The third-order valence-corrected chi connectivity index (χ3v) is 3.03. The molecule has 3 aromatic rings. The van der Waals surface area contributed by atoms with Gasteiger partial charge >= 0.3 is 0 Å². The van der Waals surface area contributed by atoms with Crippen molar-refractivity contribution in [3.05, 3.63) is 72.1 Å². The number of amides is 1. The highest BCUT2D eigenvalue weighted by Gasteiger charge is 2.13. The number of anilines is 1. The molecule has 3 rings (SSSR count). The Morgan fingerprint density at radius 3 is 2.67 bits per heavy atom. The van der Waals surface area contributed by atoms with E-state index in [0.717, 1.165) is 16.8 Å². The number of hydrogen-bond acceptors (Lipinski definition) is 3. The fourth-order valence-corrected chi connectivity index (χ4v) is 2.01. The van der Waals surface area contributed by atoms with E-state index in [4.69, 9.17) is 4.42 Å². The number of benzene rings is 2. The van der Waals surface area contributed by atoms with Crippen molar-refractivity contribution in [3.8, 4) is 11.5 Å². The second-order valence-electron chi connectivity index (χ2n) is 4.72. The number of carbonyl (C=O) groups excluding carboxylic acids is 1. The molecule has 0 aliphatic heterocycles. The van der Waals surface area contributed by atoms with Crippen LogP contribution < -0.4 is 5.32 Å². The van der Waals surface area contributed by atoms with Crippen molar-refractivity contribution < 1.29 is 9.21 Å². The molecular weight excluding hydrogens is 264 g/mol. The molecule has 0 aliphatic carbocycles. The lowest BCUT2D eigenvalue weighted by molar-refractivity contribution is 0.0997. The van der Waals surface area contributed by atoms with E-state index in [2.05, 4.69) is 10.3 Å². The van der Waals surface area contributed by atoms with Crippen molar-refractivity contribution in [2.24, 2.45) is 0 Å². The van der Waals surface area contributed by atoms with Gasteiger partial charge in [0, 0.05) is 11.3 Å². The van der Waals surface area contributed by atoms with Gasteiger partial charge in [-0.05, 0) is 36.8 Å². The van der Waals surface area contributed by atoms with Gasteiger partial charge in [-0.3, -0.25) is 4.79 Å². The smallest absolute Gasteiger partial charge is 0.293 e. The molecule has 0 saturated heterocycles. The Morgan fingerprint density at radius 2 is 1.90 bits per heavy atom. The van der Waals surface area contributed by atoms with Gasteiger partial charge in [-0.15, -0.1) is 0 Å². The standard InChI is InChI=1S/C17H14N2O2/c1-12-6-5-9-14(10-12)19-16(20)15-11-18-17(21-15)13-7-3-2-4-8-13/h2-11H,1H3,(H,19,20). The first-order chi connectivity index (χ1) is 10.2. The second-order valence-corrected chi connectivity index (χ2v) is 4.72. The van der Waals surface area contributed by atoms with Crippen LogP contribution in [0.25, 0.3) is 11.5 Å². The fraction of sp³-hybridized carbons (Fsp3) is 0.0588. The third kappa shape index (κ3) is 3.00. The molecule has 1 N–H and O–H groups in total. The van der Waals surface area contributed by atoms with Crippen molar-refractivity contribution in [2.75, 3.05) is 5.32 Å². The first-order valence-electron chi connectivity index (χ1n) is 6.61. The van der Waals surface area contributed by atoms with Crippen LogP contribution >= 0.6 is 0 Å². The van der Waals surface area contributed by atoms with Gasteiger partial charge in [0.25, 0.3) is 5.91 Å². The Bertz CT molecular complexity index is 763. The minimum absolute atomic E-state index is 0.190. The van der Waals surface area contributed by atoms with Crippen LogP contribution in [0.2, 0.25) is 0 Å². The average molecular weight is 278 g/mol. The van der Waals surface area contributed by atoms with Crippen LogP contribution in [0, 0.1) is 6.92 Å². The minimum Gasteiger partial charge on any atom is -0.431 e. The average Bonchev–Trinajstić information content (AvgIpc) is 2.98. The molecule has 1 aromatic heterocycles. The summed E-state index contributed by atoms with van der Waals surface area (Å²) in [4.78, 5) is 16.3. The SMILES string of the molecule is Cc1cccc(NC(=O)c2cnc(-c3ccccc3)o2)c1. The second kappa shape index (κ2) is 5.63. The van der Waals surface area contributed by atoms with Gasteiger partial charge in [-0.25, -0.2) is 4.98 Å². The van der Waals surface area contributed by atoms with E-state index in [-0.39, 0.29) is 11.7 Å². The summed E-state index contributed by atoms with van der Waals surface area (Å²) in [7, 11) is 0. The minimum atomic E-state index is -0.310. The highest BCUT2D eigenvalue weighted by atomic mass is 16.4. The van der Waals surface area contributed by atoms with Crippen LogP contribution in [0.5, 0.6) is 0 Å². The lowest BCUT2D eigenvalue weighted by atomic mass is 10.2. The molecule has 0 aliphatic rings. The summed E-state index contributed by atoms with van der Waals surface area (Å²) in [5.74, 6) is 0.315. The van der Waals surface area contributed by atoms with E-state index >= 15 is 0 Å². The van der Waals surface area contributed by atoms with Gasteiger partial charge in [0.05, 0.1) is 6.20 Å². The van der Waals surface area contributed by atoms with Gasteiger partial charge in [0.15, 0.2) is 0 Å². The summed E-state index contributed by atoms with van der Waals surface area (Å²) in [6.07, 6.45) is 1.44. The molecule has 0 bridgehead atoms. The highest BCUT2D eigenvalue weighted by Crippen LogP contribution is 2.19.